The number of ether oxygens (including phenoxy) is 1. The van der Waals surface area contributed by atoms with Crippen molar-refractivity contribution in [1.29, 1.82) is 0 Å². The quantitative estimate of drug-likeness (QED) is 0.824. The van der Waals surface area contributed by atoms with E-state index in [1.807, 2.05) is 42.5 Å². The van der Waals surface area contributed by atoms with Crippen LogP contribution in [0, 0.1) is 0 Å². The Hall–Kier alpha value is -2.33. The summed E-state index contributed by atoms with van der Waals surface area (Å²) in [5.41, 5.74) is 1.96. The highest BCUT2D eigenvalue weighted by atomic mass is 16.5. The van der Waals surface area contributed by atoms with Gasteiger partial charge in [0.1, 0.15) is 5.75 Å². The molecule has 2 rings (SSSR count). The Morgan fingerprint density at radius 1 is 1.09 bits per heavy atom. The van der Waals surface area contributed by atoms with Crippen molar-refractivity contribution in [3.8, 4) is 5.75 Å². The van der Waals surface area contributed by atoms with E-state index in [0.717, 1.165) is 17.9 Å². The van der Waals surface area contributed by atoms with Gasteiger partial charge in [0.05, 0.1) is 13.7 Å². The molecular weight excluding hydrogens is 276 g/mol. The van der Waals surface area contributed by atoms with Gasteiger partial charge < -0.3 is 15.4 Å². The standard InChI is InChI=1S/C18H22N2O2/c1-3-17(14-7-5-4-6-8-14)19-13-18(21)20-15-9-11-16(22-2)12-10-15/h4-12,17,19H,3,13H2,1-2H3,(H,20,21). The first-order chi connectivity index (χ1) is 10.7. The molecule has 0 radical (unpaired) electrons. The molecule has 4 heteroatoms. The number of anilines is 1. The van der Waals surface area contributed by atoms with E-state index in [-0.39, 0.29) is 18.5 Å². The van der Waals surface area contributed by atoms with Crippen LogP contribution in [0.4, 0.5) is 5.69 Å². The smallest absolute Gasteiger partial charge is 0.238 e. The molecule has 2 aromatic carbocycles. The molecule has 2 N–H and O–H groups in total. The average Bonchev–Trinajstić information content (AvgIpc) is 2.57. The summed E-state index contributed by atoms with van der Waals surface area (Å²) in [5.74, 6) is 0.714. The Balaban J connectivity index is 1.86. The van der Waals surface area contributed by atoms with Crippen LogP contribution in [0.25, 0.3) is 0 Å². The third kappa shape index (κ3) is 4.60. The molecule has 1 atom stereocenters. The van der Waals surface area contributed by atoms with Gasteiger partial charge in [-0.25, -0.2) is 0 Å². The summed E-state index contributed by atoms with van der Waals surface area (Å²) >= 11 is 0. The zero-order chi connectivity index (χ0) is 15.8. The van der Waals surface area contributed by atoms with Crippen LogP contribution in [0.1, 0.15) is 24.9 Å². The highest BCUT2D eigenvalue weighted by molar-refractivity contribution is 5.92. The van der Waals surface area contributed by atoms with E-state index in [1.165, 1.54) is 5.56 Å². The lowest BCUT2D eigenvalue weighted by molar-refractivity contribution is -0.115. The second-order valence-corrected chi connectivity index (χ2v) is 5.03. The highest BCUT2D eigenvalue weighted by Gasteiger charge is 2.10. The van der Waals surface area contributed by atoms with Crippen LogP contribution in [0.5, 0.6) is 5.75 Å². The molecule has 2 aromatic rings. The Morgan fingerprint density at radius 3 is 2.36 bits per heavy atom. The summed E-state index contributed by atoms with van der Waals surface area (Å²) in [6, 6.07) is 17.6. The monoisotopic (exact) mass is 298 g/mol. The van der Waals surface area contributed by atoms with Gasteiger partial charge in [0.25, 0.3) is 0 Å². The summed E-state index contributed by atoms with van der Waals surface area (Å²) < 4.78 is 5.09. The number of amides is 1. The van der Waals surface area contributed by atoms with Gasteiger partial charge in [-0.2, -0.15) is 0 Å². The Labute approximate surface area is 131 Å². The summed E-state index contributed by atoms with van der Waals surface area (Å²) in [6.07, 6.45) is 0.930. The van der Waals surface area contributed by atoms with Gasteiger partial charge in [-0.1, -0.05) is 37.3 Å². The number of carbonyl (C=O) groups excluding carboxylic acids is 1. The predicted molar refractivity (Wildman–Crippen MR) is 89.1 cm³/mol. The summed E-state index contributed by atoms with van der Waals surface area (Å²) in [5, 5.41) is 6.16. The summed E-state index contributed by atoms with van der Waals surface area (Å²) in [7, 11) is 1.62. The van der Waals surface area contributed by atoms with Gasteiger partial charge in [-0.3, -0.25) is 4.79 Å². The van der Waals surface area contributed by atoms with Crippen LogP contribution in [0.2, 0.25) is 0 Å². The molecule has 1 amide bonds. The summed E-state index contributed by atoms with van der Waals surface area (Å²) in [4.78, 5) is 12.0. The largest absolute Gasteiger partial charge is 0.497 e. The van der Waals surface area contributed by atoms with Gasteiger partial charge in [-0.05, 0) is 36.2 Å². The normalized spacial score (nSPS) is 11.7. The minimum Gasteiger partial charge on any atom is -0.497 e. The van der Waals surface area contributed by atoms with Crippen molar-refractivity contribution < 1.29 is 9.53 Å². The number of benzene rings is 2. The highest BCUT2D eigenvalue weighted by Crippen LogP contribution is 2.16. The van der Waals surface area contributed by atoms with E-state index in [0.29, 0.717) is 0 Å². The number of nitrogens with one attached hydrogen (secondary N) is 2. The fourth-order valence-corrected chi connectivity index (χ4v) is 2.28. The van der Waals surface area contributed by atoms with Crippen molar-refractivity contribution in [3.63, 3.8) is 0 Å². The molecule has 1 unspecified atom stereocenters. The summed E-state index contributed by atoms with van der Waals surface area (Å²) in [6.45, 7) is 2.38. The Morgan fingerprint density at radius 2 is 1.77 bits per heavy atom. The molecule has 0 spiro atoms. The van der Waals surface area contributed by atoms with Gasteiger partial charge >= 0.3 is 0 Å². The lowest BCUT2D eigenvalue weighted by Gasteiger charge is -2.17. The molecule has 0 aromatic heterocycles. The van der Waals surface area contributed by atoms with Crippen LogP contribution in [0.3, 0.4) is 0 Å². The molecule has 0 bridgehead atoms. The molecule has 0 aliphatic rings. The predicted octanol–water partition coefficient (Wildman–Crippen LogP) is 3.37. The van der Waals surface area contributed by atoms with Crippen LogP contribution in [0.15, 0.2) is 54.6 Å². The van der Waals surface area contributed by atoms with Gasteiger partial charge in [0, 0.05) is 11.7 Å². The third-order valence-corrected chi connectivity index (χ3v) is 3.49. The number of rotatable bonds is 7. The topological polar surface area (TPSA) is 50.4 Å². The van der Waals surface area contributed by atoms with Gasteiger partial charge in [-0.15, -0.1) is 0 Å². The number of hydrogen-bond donors (Lipinski definition) is 2. The van der Waals surface area contributed by atoms with E-state index in [4.69, 9.17) is 4.74 Å². The SMILES string of the molecule is CCC(NCC(=O)Nc1ccc(OC)cc1)c1ccccc1. The minimum atomic E-state index is -0.0560. The van der Waals surface area contributed by atoms with Crippen molar-refractivity contribution in [3.05, 3.63) is 60.2 Å². The lowest BCUT2D eigenvalue weighted by Crippen LogP contribution is -2.31. The van der Waals surface area contributed by atoms with Crippen molar-refractivity contribution >= 4 is 11.6 Å². The van der Waals surface area contributed by atoms with E-state index in [1.54, 1.807) is 7.11 Å². The van der Waals surface area contributed by atoms with Crippen molar-refractivity contribution in [2.45, 2.75) is 19.4 Å². The molecule has 0 aliphatic heterocycles. The van der Waals surface area contributed by atoms with E-state index < -0.39 is 0 Å². The first kappa shape index (κ1) is 16.0. The fraction of sp³-hybridized carbons (Fsp3) is 0.278. The number of hydrogen-bond acceptors (Lipinski definition) is 3. The van der Waals surface area contributed by atoms with Crippen LogP contribution < -0.4 is 15.4 Å². The Bertz CT molecular complexity index is 582. The fourth-order valence-electron chi connectivity index (χ4n) is 2.28. The number of methoxy groups -OCH3 is 1. The van der Waals surface area contributed by atoms with E-state index in [2.05, 4.69) is 29.7 Å². The van der Waals surface area contributed by atoms with Crippen molar-refractivity contribution in [2.75, 3.05) is 19.0 Å². The molecule has 22 heavy (non-hydrogen) atoms. The average molecular weight is 298 g/mol. The van der Waals surface area contributed by atoms with E-state index in [9.17, 15) is 4.79 Å². The first-order valence-electron chi connectivity index (χ1n) is 7.45. The van der Waals surface area contributed by atoms with Crippen LogP contribution >= 0.6 is 0 Å². The molecule has 0 aliphatic carbocycles. The molecule has 0 heterocycles. The van der Waals surface area contributed by atoms with Crippen molar-refractivity contribution in [1.82, 2.24) is 5.32 Å². The maximum Gasteiger partial charge on any atom is 0.238 e. The van der Waals surface area contributed by atoms with Gasteiger partial charge in [0.2, 0.25) is 5.91 Å². The molecule has 0 fully saturated rings. The zero-order valence-corrected chi connectivity index (χ0v) is 13.0. The molecule has 0 saturated carbocycles. The lowest BCUT2D eigenvalue weighted by atomic mass is 10.0. The first-order valence-corrected chi connectivity index (χ1v) is 7.45. The second-order valence-electron chi connectivity index (χ2n) is 5.03. The van der Waals surface area contributed by atoms with Gasteiger partial charge in [0.15, 0.2) is 0 Å². The maximum atomic E-state index is 12.0. The van der Waals surface area contributed by atoms with E-state index >= 15 is 0 Å². The second kappa shape index (κ2) is 8.20. The van der Waals surface area contributed by atoms with Crippen molar-refractivity contribution in [2.24, 2.45) is 0 Å². The Kier molecular flexibility index (Phi) is 5.98. The molecule has 116 valence electrons. The van der Waals surface area contributed by atoms with Crippen LogP contribution in [-0.2, 0) is 4.79 Å². The minimum absolute atomic E-state index is 0.0560. The number of carbonyl (C=O) groups is 1. The molecule has 0 saturated heterocycles. The van der Waals surface area contributed by atoms with Crippen LogP contribution in [-0.4, -0.2) is 19.6 Å². The third-order valence-electron chi connectivity index (χ3n) is 3.49. The molecular formula is C18H22N2O2. The maximum absolute atomic E-state index is 12.0. The zero-order valence-electron chi connectivity index (χ0n) is 13.0. The molecule has 4 nitrogen and oxygen atoms in total.